The first-order valence-corrected chi connectivity index (χ1v) is 5.74. The molecule has 0 atom stereocenters. The third kappa shape index (κ3) is 3.42. The smallest absolute Gasteiger partial charge is 0.399 e. The lowest BCUT2D eigenvalue weighted by atomic mass is 10.1. The first-order chi connectivity index (χ1) is 9.79. The van der Waals surface area contributed by atoms with E-state index in [9.17, 15) is 17.6 Å². The maximum atomic E-state index is 13.2. The highest BCUT2D eigenvalue weighted by atomic mass is 19.4. The Hall–Kier alpha value is -2.75. The van der Waals surface area contributed by atoms with Crippen molar-refractivity contribution in [2.75, 3.05) is 11.1 Å². The SMILES string of the molecule is N#Cc1ccc(Nc2cc(N)cc(F)c2)cc1C(F)(F)F. The number of nitrogen functional groups attached to an aromatic ring is 1. The van der Waals surface area contributed by atoms with Gasteiger partial charge in [-0.3, -0.25) is 0 Å². The minimum atomic E-state index is -4.65. The lowest BCUT2D eigenvalue weighted by Crippen LogP contribution is -2.08. The minimum Gasteiger partial charge on any atom is -0.399 e. The van der Waals surface area contributed by atoms with Gasteiger partial charge in [0.1, 0.15) is 5.82 Å². The summed E-state index contributed by atoms with van der Waals surface area (Å²) in [6.07, 6.45) is -4.65. The molecule has 3 nitrogen and oxygen atoms in total. The van der Waals surface area contributed by atoms with Crippen molar-refractivity contribution in [2.45, 2.75) is 6.18 Å². The molecule has 2 rings (SSSR count). The highest BCUT2D eigenvalue weighted by Crippen LogP contribution is 2.34. The number of nitrogens with zero attached hydrogens (tertiary/aromatic N) is 1. The minimum absolute atomic E-state index is 0.0753. The van der Waals surface area contributed by atoms with Crippen LogP contribution in [0.5, 0.6) is 0 Å². The van der Waals surface area contributed by atoms with Gasteiger partial charge in [-0.05, 0) is 36.4 Å². The molecule has 7 heteroatoms. The first-order valence-electron chi connectivity index (χ1n) is 5.74. The number of hydrogen-bond donors (Lipinski definition) is 2. The molecular weight excluding hydrogens is 286 g/mol. The second kappa shape index (κ2) is 5.32. The van der Waals surface area contributed by atoms with Gasteiger partial charge in [0.2, 0.25) is 0 Å². The number of alkyl halides is 3. The third-order valence-electron chi connectivity index (χ3n) is 2.65. The van der Waals surface area contributed by atoms with Crippen LogP contribution in [0.15, 0.2) is 36.4 Å². The van der Waals surface area contributed by atoms with Gasteiger partial charge in [-0.25, -0.2) is 4.39 Å². The molecule has 108 valence electrons. The fourth-order valence-electron chi connectivity index (χ4n) is 1.81. The second-order valence-electron chi connectivity index (χ2n) is 4.27. The predicted molar refractivity (Wildman–Crippen MR) is 70.3 cm³/mol. The molecule has 0 aliphatic heterocycles. The van der Waals surface area contributed by atoms with Crippen molar-refractivity contribution < 1.29 is 17.6 Å². The van der Waals surface area contributed by atoms with E-state index in [1.807, 2.05) is 0 Å². The molecule has 0 fully saturated rings. The van der Waals surface area contributed by atoms with E-state index in [-0.39, 0.29) is 17.1 Å². The normalized spacial score (nSPS) is 11.0. The molecule has 0 radical (unpaired) electrons. The van der Waals surface area contributed by atoms with Crippen LogP contribution in [-0.2, 0) is 6.18 Å². The van der Waals surface area contributed by atoms with Crippen molar-refractivity contribution in [3.63, 3.8) is 0 Å². The van der Waals surface area contributed by atoms with Crippen molar-refractivity contribution in [1.29, 1.82) is 5.26 Å². The fraction of sp³-hybridized carbons (Fsp3) is 0.0714. The molecule has 0 spiro atoms. The van der Waals surface area contributed by atoms with Crippen molar-refractivity contribution in [3.05, 3.63) is 53.3 Å². The molecule has 0 saturated carbocycles. The maximum absolute atomic E-state index is 13.2. The average molecular weight is 295 g/mol. The van der Waals surface area contributed by atoms with Crippen LogP contribution < -0.4 is 11.1 Å². The first kappa shape index (κ1) is 14.7. The lowest BCUT2D eigenvalue weighted by Gasteiger charge is -2.12. The summed E-state index contributed by atoms with van der Waals surface area (Å²) in [5, 5.41) is 11.3. The van der Waals surface area contributed by atoms with Crippen LogP contribution in [-0.4, -0.2) is 0 Å². The summed E-state index contributed by atoms with van der Waals surface area (Å²) in [6, 6.07) is 8.20. The predicted octanol–water partition coefficient (Wildman–Crippen LogP) is 4.04. The van der Waals surface area contributed by atoms with Crippen molar-refractivity contribution in [3.8, 4) is 6.07 Å². The molecule has 0 aliphatic carbocycles. The van der Waals surface area contributed by atoms with Crippen LogP contribution in [0.4, 0.5) is 34.6 Å². The van der Waals surface area contributed by atoms with Gasteiger partial charge in [-0.2, -0.15) is 18.4 Å². The highest BCUT2D eigenvalue weighted by Gasteiger charge is 2.33. The molecule has 3 N–H and O–H groups in total. The molecular formula is C14H9F4N3. The Bertz CT molecular complexity index is 697. The lowest BCUT2D eigenvalue weighted by molar-refractivity contribution is -0.137. The van der Waals surface area contributed by atoms with E-state index in [1.54, 1.807) is 0 Å². The van der Waals surface area contributed by atoms with Gasteiger partial charge >= 0.3 is 6.18 Å². The Morgan fingerprint density at radius 1 is 1.05 bits per heavy atom. The van der Waals surface area contributed by atoms with Crippen molar-refractivity contribution in [1.82, 2.24) is 0 Å². The van der Waals surface area contributed by atoms with Crippen LogP contribution in [0, 0.1) is 17.1 Å². The number of nitrogens with two attached hydrogens (primary N) is 1. The molecule has 2 aromatic carbocycles. The van der Waals surface area contributed by atoms with E-state index in [0.717, 1.165) is 24.3 Å². The van der Waals surface area contributed by atoms with Gasteiger partial charge in [0.25, 0.3) is 0 Å². The standard InChI is InChI=1S/C14H9F4N3/c15-9-3-10(20)5-12(4-9)21-11-2-1-8(7-19)13(6-11)14(16,17)18/h1-6,21H,20H2. The molecule has 0 aromatic heterocycles. The van der Waals surface area contributed by atoms with E-state index in [2.05, 4.69) is 5.32 Å². The van der Waals surface area contributed by atoms with E-state index in [4.69, 9.17) is 11.0 Å². The number of nitriles is 1. The summed E-state index contributed by atoms with van der Waals surface area (Å²) in [5.74, 6) is -0.609. The quantitative estimate of drug-likeness (QED) is 0.649. The number of hydrogen-bond acceptors (Lipinski definition) is 3. The number of halogens is 4. The number of rotatable bonds is 2. The molecule has 0 bridgehead atoms. The Balaban J connectivity index is 2.40. The van der Waals surface area contributed by atoms with E-state index in [1.165, 1.54) is 18.2 Å². The summed E-state index contributed by atoms with van der Waals surface area (Å²) in [4.78, 5) is 0. The Labute approximate surface area is 117 Å². The molecule has 2 aromatic rings. The van der Waals surface area contributed by atoms with E-state index < -0.39 is 23.1 Å². The monoisotopic (exact) mass is 295 g/mol. The van der Waals surface area contributed by atoms with E-state index in [0.29, 0.717) is 0 Å². The van der Waals surface area contributed by atoms with Crippen molar-refractivity contribution in [2.24, 2.45) is 0 Å². The number of benzene rings is 2. The average Bonchev–Trinajstić information content (AvgIpc) is 2.36. The maximum Gasteiger partial charge on any atom is 0.417 e. The van der Waals surface area contributed by atoms with Crippen LogP contribution in [0.3, 0.4) is 0 Å². The highest BCUT2D eigenvalue weighted by molar-refractivity contribution is 5.65. The fourth-order valence-corrected chi connectivity index (χ4v) is 1.81. The van der Waals surface area contributed by atoms with Crippen molar-refractivity contribution >= 4 is 17.1 Å². The molecule has 0 saturated heterocycles. The van der Waals surface area contributed by atoms with Crippen LogP contribution in [0.1, 0.15) is 11.1 Å². The van der Waals surface area contributed by atoms with Gasteiger partial charge < -0.3 is 11.1 Å². The molecule has 0 unspecified atom stereocenters. The summed E-state index contributed by atoms with van der Waals surface area (Å²) in [7, 11) is 0. The zero-order chi connectivity index (χ0) is 15.6. The third-order valence-corrected chi connectivity index (χ3v) is 2.65. The van der Waals surface area contributed by atoms with Gasteiger partial charge in [0, 0.05) is 17.1 Å². The Morgan fingerprint density at radius 2 is 1.76 bits per heavy atom. The number of nitrogens with one attached hydrogen (secondary N) is 1. The molecule has 21 heavy (non-hydrogen) atoms. The molecule has 0 heterocycles. The zero-order valence-electron chi connectivity index (χ0n) is 10.5. The van der Waals surface area contributed by atoms with Gasteiger partial charge in [0.05, 0.1) is 17.2 Å². The van der Waals surface area contributed by atoms with Crippen LogP contribution >= 0.6 is 0 Å². The largest absolute Gasteiger partial charge is 0.417 e. The van der Waals surface area contributed by atoms with Gasteiger partial charge in [-0.15, -0.1) is 0 Å². The topological polar surface area (TPSA) is 61.8 Å². The summed E-state index contributed by atoms with van der Waals surface area (Å²) >= 11 is 0. The number of anilines is 3. The molecule has 0 aliphatic rings. The summed E-state index contributed by atoms with van der Waals surface area (Å²) < 4.78 is 51.6. The van der Waals surface area contributed by atoms with Gasteiger partial charge in [-0.1, -0.05) is 0 Å². The van der Waals surface area contributed by atoms with Crippen LogP contribution in [0.25, 0.3) is 0 Å². The Morgan fingerprint density at radius 3 is 2.33 bits per heavy atom. The zero-order valence-corrected chi connectivity index (χ0v) is 10.5. The van der Waals surface area contributed by atoms with E-state index >= 15 is 0 Å². The molecule has 0 amide bonds. The summed E-state index contributed by atoms with van der Waals surface area (Å²) in [5.41, 5.74) is 4.35. The second-order valence-corrected chi connectivity index (χ2v) is 4.27. The Kier molecular flexibility index (Phi) is 3.72. The summed E-state index contributed by atoms with van der Waals surface area (Å²) in [6.45, 7) is 0. The van der Waals surface area contributed by atoms with Crippen LogP contribution in [0.2, 0.25) is 0 Å². The van der Waals surface area contributed by atoms with Gasteiger partial charge in [0.15, 0.2) is 0 Å².